The molecular weight excluding hydrogens is 384 g/mol. The number of carbonyl (C=O) groups is 2. The molecule has 0 unspecified atom stereocenters. The zero-order valence-corrected chi connectivity index (χ0v) is 16.5. The number of nitrogens with zero attached hydrogens (tertiary/aromatic N) is 5. The Labute approximate surface area is 174 Å². The Balaban J connectivity index is 0.000000806. The Bertz CT molecular complexity index is 990. The van der Waals surface area contributed by atoms with Gasteiger partial charge in [0.05, 0.1) is 0 Å². The van der Waals surface area contributed by atoms with Crippen molar-refractivity contribution in [3.8, 4) is 0 Å². The Hall–Kier alpha value is -3.59. The maximum absolute atomic E-state index is 13.1. The van der Waals surface area contributed by atoms with Crippen LogP contribution in [-0.2, 0) is 11.3 Å². The lowest BCUT2D eigenvalue weighted by Gasteiger charge is -2.22. The third-order valence-electron chi connectivity index (χ3n) is 4.88. The molecule has 0 spiro atoms. The van der Waals surface area contributed by atoms with Gasteiger partial charge < -0.3 is 15.7 Å². The van der Waals surface area contributed by atoms with Crippen LogP contribution in [0.4, 0.5) is 5.95 Å². The maximum atomic E-state index is 13.1. The summed E-state index contributed by atoms with van der Waals surface area (Å²) in [6, 6.07) is 9.82. The molecule has 3 aromatic rings. The van der Waals surface area contributed by atoms with E-state index in [2.05, 4.69) is 19.9 Å². The summed E-state index contributed by atoms with van der Waals surface area (Å²) in [5, 5.41) is 8.83. The summed E-state index contributed by atoms with van der Waals surface area (Å²) < 4.78 is 0. The highest BCUT2D eigenvalue weighted by molar-refractivity contribution is 6.05. The van der Waals surface area contributed by atoms with Gasteiger partial charge in [-0.05, 0) is 17.9 Å². The van der Waals surface area contributed by atoms with Gasteiger partial charge in [-0.15, -0.1) is 0 Å². The molecule has 1 aliphatic heterocycles. The van der Waals surface area contributed by atoms with Gasteiger partial charge in [-0.1, -0.05) is 24.3 Å². The van der Waals surface area contributed by atoms with Crippen molar-refractivity contribution in [3.63, 3.8) is 0 Å². The number of hydrogen-bond donors (Lipinski definition) is 2. The summed E-state index contributed by atoms with van der Waals surface area (Å²) in [6.45, 7) is 3.66. The lowest BCUT2D eigenvalue weighted by Crippen LogP contribution is -2.35. The third-order valence-corrected chi connectivity index (χ3v) is 4.88. The Morgan fingerprint density at radius 1 is 1.07 bits per heavy atom. The molecule has 1 aliphatic rings. The molecule has 0 aliphatic carbocycles. The number of anilines is 1. The zero-order chi connectivity index (χ0) is 21.3. The largest absolute Gasteiger partial charge is 0.483 e. The van der Waals surface area contributed by atoms with E-state index in [1.807, 2.05) is 35.2 Å². The van der Waals surface area contributed by atoms with Crippen LogP contribution in [-0.4, -0.2) is 68.4 Å². The molecule has 156 valence electrons. The molecule has 0 atom stereocenters. The van der Waals surface area contributed by atoms with Crippen molar-refractivity contribution in [2.24, 2.45) is 0 Å². The molecule has 1 saturated heterocycles. The third kappa shape index (κ3) is 5.26. The molecule has 4 rings (SSSR count). The highest BCUT2D eigenvalue weighted by atomic mass is 16.3. The summed E-state index contributed by atoms with van der Waals surface area (Å²) in [5.41, 5.74) is 7.11. The van der Waals surface area contributed by atoms with E-state index in [4.69, 9.17) is 15.6 Å². The van der Waals surface area contributed by atoms with Crippen molar-refractivity contribution in [3.05, 3.63) is 60.2 Å². The van der Waals surface area contributed by atoms with Crippen LogP contribution in [0.1, 0.15) is 22.5 Å². The monoisotopic (exact) mass is 408 g/mol. The van der Waals surface area contributed by atoms with Crippen LogP contribution in [0.3, 0.4) is 0 Å². The number of nitrogens with two attached hydrogens (primary N) is 1. The minimum absolute atomic E-state index is 0.00414. The second kappa shape index (κ2) is 10.3. The predicted molar refractivity (Wildman–Crippen MR) is 113 cm³/mol. The number of rotatable bonds is 3. The molecule has 3 heterocycles. The standard InChI is InChI=1S/C20H22N6O.CH2O2/c21-20-23-12-15(13-24-20)14-25-8-3-9-26(11-10-25)19(27)18-17-5-2-1-4-16(17)6-7-22-18;2-1-3/h1-2,4-7,12-13H,3,8-11,14H2,(H2,21,23,24);1H,(H,2,3). The molecule has 1 amide bonds. The normalized spacial score (nSPS) is 14.5. The first-order valence-corrected chi connectivity index (χ1v) is 9.62. The number of carbonyl (C=O) groups excluding carboxylic acids is 1. The van der Waals surface area contributed by atoms with E-state index in [-0.39, 0.29) is 18.3 Å². The van der Waals surface area contributed by atoms with Gasteiger partial charge in [-0.25, -0.2) is 9.97 Å². The second-order valence-electron chi connectivity index (χ2n) is 6.86. The first kappa shape index (κ1) is 21.1. The van der Waals surface area contributed by atoms with Crippen molar-refractivity contribution >= 4 is 29.1 Å². The fourth-order valence-electron chi connectivity index (χ4n) is 3.48. The SMILES string of the molecule is Nc1ncc(CN2CCCN(C(=O)c3nccc4ccccc34)CC2)cn1.O=CO. The van der Waals surface area contributed by atoms with Crippen LogP contribution in [0.2, 0.25) is 0 Å². The van der Waals surface area contributed by atoms with Crippen LogP contribution < -0.4 is 5.73 Å². The first-order valence-electron chi connectivity index (χ1n) is 9.62. The van der Waals surface area contributed by atoms with Gasteiger partial charge in [-0.3, -0.25) is 19.5 Å². The zero-order valence-electron chi connectivity index (χ0n) is 16.5. The van der Waals surface area contributed by atoms with Crippen molar-refractivity contribution < 1.29 is 14.7 Å². The van der Waals surface area contributed by atoms with Gasteiger partial charge in [-0.2, -0.15) is 0 Å². The van der Waals surface area contributed by atoms with Gasteiger partial charge in [0, 0.05) is 62.3 Å². The molecule has 30 heavy (non-hydrogen) atoms. The number of amides is 1. The summed E-state index contributed by atoms with van der Waals surface area (Å²) in [7, 11) is 0. The van der Waals surface area contributed by atoms with Gasteiger partial charge >= 0.3 is 0 Å². The van der Waals surface area contributed by atoms with E-state index in [0.717, 1.165) is 48.9 Å². The van der Waals surface area contributed by atoms with Crippen LogP contribution in [0.25, 0.3) is 10.8 Å². The Morgan fingerprint density at radius 2 is 1.80 bits per heavy atom. The van der Waals surface area contributed by atoms with Crippen molar-refractivity contribution in [1.29, 1.82) is 0 Å². The lowest BCUT2D eigenvalue weighted by atomic mass is 10.1. The molecule has 0 bridgehead atoms. The molecule has 1 aromatic carbocycles. The maximum Gasteiger partial charge on any atom is 0.290 e. The van der Waals surface area contributed by atoms with Crippen LogP contribution in [0.15, 0.2) is 48.9 Å². The smallest absolute Gasteiger partial charge is 0.290 e. The van der Waals surface area contributed by atoms with Crippen molar-refractivity contribution in [1.82, 2.24) is 24.8 Å². The van der Waals surface area contributed by atoms with E-state index in [1.54, 1.807) is 18.6 Å². The van der Waals surface area contributed by atoms with E-state index in [9.17, 15) is 4.79 Å². The Kier molecular flexibility index (Phi) is 7.23. The number of pyridine rings is 1. The predicted octanol–water partition coefficient (Wildman–Crippen LogP) is 1.66. The number of hydrogen-bond acceptors (Lipinski definition) is 7. The van der Waals surface area contributed by atoms with E-state index >= 15 is 0 Å². The summed E-state index contributed by atoms with van der Waals surface area (Å²) in [5.74, 6) is 0.290. The Morgan fingerprint density at radius 3 is 2.57 bits per heavy atom. The van der Waals surface area contributed by atoms with E-state index in [1.165, 1.54) is 0 Å². The summed E-state index contributed by atoms with van der Waals surface area (Å²) in [4.78, 5) is 38.1. The minimum Gasteiger partial charge on any atom is -0.483 e. The van der Waals surface area contributed by atoms with Crippen molar-refractivity contribution in [2.45, 2.75) is 13.0 Å². The number of aromatic nitrogens is 3. The topological polar surface area (TPSA) is 126 Å². The fraction of sp³-hybridized carbons (Fsp3) is 0.286. The highest BCUT2D eigenvalue weighted by Gasteiger charge is 2.22. The molecule has 9 heteroatoms. The lowest BCUT2D eigenvalue weighted by molar-refractivity contribution is -0.122. The van der Waals surface area contributed by atoms with E-state index in [0.29, 0.717) is 12.2 Å². The second-order valence-corrected chi connectivity index (χ2v) is 6.86. The van der Waals surface area contributed by atoms with Gasteiger partial charge in [0.25, 0.3) is 12.4 Å². The van der Waals surface area contributed by atoms with Gasteiger partial charge in [0.1, 0.15) is 5.69 Å². The molecule has 0 saturated carbocycles. The van der Waals surface area contributed by atoms with Crippen molar-refractivity contribution in [2.75, 3.05) is 31.9 Å². The van der Waals surface area contributed by atoms with E-state index < -0.39 is 0 Å². The summed E-state index contributed by atoms with van der Waals surface area (Å²) in [6.07, 6.45) is 6.15. The number of fused-ring (bicyclic) bond motifs is 1. The number of nitrogen functional groups attached to an aromatic ring is 1. The molecule has 1 fully saturated rings. The highest BCUT2D eigenvalue weighted by Crippen LogP contribution is 2.19. The van der Waals surface area contributed by atoms with Crippen LogP contribution in [0, 0.1) is 0 Å². The quantitative estimate of drug-likeness (QED) is 0.627. The van der Waals surface area contributed by atoms with Crippen LogP contribution >= 0.6 is 0 Å². The number of benzene rings is 1. The molecular formula is C21H24N6O3. The fourth-order valence-corrected chi connectivity index (χ4v) is 3.48. The number of carboxylic acid groups (broad SMARTS) is 1. The summed E-state index contributed by atoms with van der Waals surface area (Å²) >= 11 is 0. The van der Waals surface area contributed by atoms with Gasteiger partial charge in [0.2, 0.25) is 5.95 Å². The van der Waals surface area contributed by atoms with Gasteiger partial charge in [0.15, 0.2) is 0 Å². The molecule has 0 radical (unpaired) electrons. The minimum atomic E-state index is -0.250. The van der Waals surface area contributed by atoms with Crippen LogP contribution in [0.5, 0.6) is 0 Å². The molecule has 2 aromatic heterocycles. The molecule has 9 nitrogen and oxygen atoms in total. The average molecular weight is 408 g/mol. The first-order chi connectivity index (χ1) is 14.6. The molecule has 3 N–H and O–H groups in total. The average Bonchev–Trinajstić information content (AvgIpc) is 3.01.